The van der Waals surface area contributed by atoms with Crippen LogP contribution in [-0.2, 0) is 0 Å². The molecule has 0 heterocycles. The molecular formula is C11H12ClF3N2S. The predicted octanol–water partition coefficient (Wildman–Crippen LogP) is 3.73. The highest BCUT2D eigenvalue weighted by atomic mass is 35.5. The van der Waals surface area contributed by atoms with Crippen molar-refractivity contribution in [1.29, 1.82) is 0 Å². The number of rotatable bonds is 4. The molecule has 1 atom stereocenters. The number of hydrogen-bond donors (Lipinski definition) is 2. The van der Waals surface area contributed by atoms with Gasteiger partial charge in [-0.1, -0.05) is 23.8 Å². The zero-order valence-electron chi connectivity index (χ0n) is 9.51. The topological polar surface area (TPSA) is 38.0 Å². The molecule has 1 aromatic carbocycles. The van der Waals surface area contributed by atoms with Gasteiger partial charge in [0.1, 0.15) is 4.99 Å². The molecule has 0 radical (unpaired) electrons. The van der Waals surface area contributed by atoms with E-state index >= 15 is 0 Å². The van der Waals surface area contributed by atoms with Gasteiger partial charge in [0.25, 0.3) is 0 Å². The average molecular weight is 297 g/mol. The minimum Gasteiger partial charge on any atom is -0.389 e. The Hall–Kier alpha value is -1.01. The molecule has 1 rings (SSSR count). The maximum absolute atomic E-state index is 12.2. The molecule has 0 aromatic heterocycles. The lowest BCUT2D eigenvalue weighted by Crippen LogP contribution is -2.24. The first kappa shape index (κ1) is 15.0. The number of anilines is 1. The van der Waals surface area contributed by atoms with Crippen molar-refractivity contribution in [3.63, 3.8) is 0 Å². The Balaban J connectivity index is 2.77. The number of nitrogens with one attached hydrogen (secondary N) is 1. The quantitative estimate of drug-likeness (QED) is 0.832. The van der Waals surface area contributed by atoms with Gasteiger partial charge < -0.3 is 11.1 Å². The molecule has 0 spiro atoms. The van der Waals surface area contributed by atoms with Gasteiger partial charge in [-0.2, -0.15) is 13.2 Å². The fourth-order valence-corrected chi connectivity index (χ4v) is 1.81. The number of alkyl halides is 3. The molecule has 0 aliphatic carbocycles. The van der Waals surface area contributed by atoms with Crippen molar-refractivity contribution in [2.75, 3.05) is 5.32 Å². The smallest absolute Gasteiger partial charge is 0.389 e. The maximum Gasteiger partial charge on any atom is 0.391 e. The molecule has 0 saturated carbocycles. The first-order valence-corrected chi connectivity index (χ1v) is 5.90. The lowest BCUT2D eigenvalue weighted by atomic mass is 10.1. The van der Waals surface area contributed by atoms with E-state index in [9.17, 15) is 13.2 Å². The summed E-state index contributed by atoms with van der Waals surface area (Å²) in [5.41, 5.74) is 6.42. The van der Waals surface area contributed by atoms with Gasteiger partial charge in [-0.05, 0) is 25.1 Å². The summed E-state index contributed by atoms with van der Waals surface area (Å²) in [5, 5.41) is 2.98. The number of benzene rings is 1. The summed E-state index contributed by atoms with van der Waals surface area (Å²) in [6.45, 7) is 1.44. The van der Waals surface area contributed by atoms with E-state index in [0.717, 1.165) is 0 Å². The first-order chi connectivity index (χ1) is 8.19. The molecule has 0 amide bonds. The van der Waals surface area contributed by atoms with Gasteiger partial charge >= 0.3 is 6.18 Å². The van der Waals surface area contributed by atoms with Crippen molar-refractivity contribution in [1.82, 2.24) is 0 Å². The third kappa shape index (κ3) is 4.70. The van der Waals surface area contributed by atoms with Gasteiger partial charge in [-0.25, -0.2) is 0 Å². The fraction of sp³-hybridized carbons (Fsp3) is 0.364. The van der Waals surface area contributed by atoms with Crippen LogP contribution in [0.2, 0.25) is 5.02 Å². The summed E-state index contributed by atoms with van der Waals surface area (Å²) in [6.07, 6.45) is -5.14. The van der Waals surface area contributed by atoms with Gasteiger partial charge in [0.05, 0.1) is 17.1 Å². The van der Waals surface area contributed by atoms with Crippen molar-refractivity contribution < 1.29 is 13.2 Å². The molecule has 7 heteroatoms. The van der Waals surface area contributed by atoms with Gasteiger partial charge in [-0.15, -0.1) is 0 Å². The second kappa shape index (κ2) is 5.75. The molecule has 3 N–H and O–H groups in total. The van der Waals surface area contributed by atoms with Gasteiger partial charge in [0.2, 0.25) is 0 Å². The summed E-state index contributed by atoms with van der Waals surface area (Å²) < 4.78 is 36.5. The maximum atomic E-state index is 12.2. The van der Waals surface area contributed by atoms with Crippen LogP contribution in [0.1, 0.15) is 18.9 Å². The number of hydrogen-bond acceptors (Lipinski definition) is 2. The molecule has 1 aromatic rings. The molecular weight excluding hydrogens is 285 g/mol. The number of thiocarbonyl (C=S) groups is 1. The molecule has 0 aliphatic rings. The Morgan fingerprint density at radius 1 is 1.50 bits per heavy atom. The molecule has 0 bridgehead atoms. The Morgan fingerprint density at radius 2 is 2.11 bits per heavy atom. The molecule has 1 unspecified atom stereocenters. The first-order valence-electron chi connectivity index (χ1n) is 5.11. The van der Waals surface area contributed by atoms with Crippen LogP contribution in [0.15, 0.2) is 18.2 Å². The number of nitrogens with two attached hydrogens (primary N) is 1. The SMILES string of the molecule is CC(CC(F)(F)F)Nc1ccc(C(N)=S)cc1Cl. The van der Waals surface area contributed by atoms with E-state index in [1.165, 1.54) is 13.0 Å². The standard InChI is InChI=1S/C11H12ClF3N2S/c1-6(5-11(13,14)15)17-9-3-2-7(10(16)18)4-8(9)12/h2-4,6,17H,5H2,1H3,(H2,16,18). The lowest BCUT2D eigenvalue weighted by Gasteiger charge is -2.18. The highest BCUT2D eigenvalue weighted by molar-refractivity contribution is 7.80. The largest absolute Gasteiger partial charge is 0.391 e. The molecule has 100 valence electrons. The predicted molar refractivity (Wildman–Crippen MR) is 71.1 cm³/mol. The van der Waals surface area contributed by atoms with Gasteiger partial charge in [-0.3, -0.25) is 0 Å². The second-order valence-electron chi connectivity index (χ2n) is 3.92. The van der Waals surface area contributed by atoms with E-state index < -0.39 is 18.6 Å². The zero-order chi connectivity index (χ0) is 13.9. The monoisotopic (exact) mass is 296 g/mol. The van der Waals surface area contributed by atoms with Crippen molar-refractivity contribution in [3.05, 3.63) is 28.8 Å². The Labute approximate surface area is 113 Å². The third-order valence-corrected chi connectivity index (χ3v) is 2.74. The highest BCUT2D eigenvalue weighted by Crippen LogP contribution is 2.27. The van der Waals surface area contributed by atoms with E-state index in [1.54, 1.807) is 12.1 Å². The average Bonchev–Trinajstić information content (AvgIpc) is 2.17. The van der Waals surface area contributed by atoms with Crippen molar-refractivity contribution >= 4 is 34.5 Å². The Morgan fingerprint density at radius 3 is 2.56 bits per heavy atom. The second-order valence-corrected chi connectivity index (χ2v) is 4.77. The van der Waals surface area contributed by atoms with E-state index in [1.807, 2.05) is 0 Å². The summed E-state index contributed by atoms with van der Waals surface area (Å²) >= 11 is 10.7. The summed E-state index contributed by atoms with van der Waals surface area (Å²) in [6, 6.07) is 3.92. The summed E-state index contributed by atoms with van der Waals surface area (Å²) in [4.78, 5) is 0.187. The van der Waals surface area contributed by atoms with Crippen LogP contribution in [0.5, 0.6) is 0 Å². The minimum atomic E-state index is -4.21. The van der Waals surface area contributed by atoms with Crippen LogP contribution in [0, 0.1) is 0 Å². The van der Waals surface area contributed by atoms with Crippen LogP contribution in [-0.4, -0.2) is 17.2 Å². The van der Waals surface area contributed by atoms with E-state index in [4.69, 9.17) is 29.6 Å². The van der Waals surface area contributed by atoms with Crippen LogP contribution in [0.3, 0.4) is 0 Å². The van der Waals surface area contributed by atoms with Crippen LogP contribution < -0.4 is 11.1 Å². The third-order valence-electron chi connectivity index (χ3n) is 2.19. The Kier molecular flexibility index (Phi) is 4.81. The fourth-order valence-electron chi connectivity index (χ4n) is 1.45. The Bertz CT molecular complexity index is 448. The normalized spacial score (nSPS) is 13.2. The van der Waals surface area contributed by atoms with Gasteiger partial charge in [0.15, 0.2) is 0 Å². The zero-order valence-corrected chi connectivity index (χ0v) is 11.1. The molecule has 0 saturated heterocycles. The van der Waals surface area contributed by atoms with Crippen molar-refractivity contribution in [2.24, 2.45) is 5.73 Å². The van der Waals surface area contributed by atoms with E-state index in [0.29, 0.717) is 11.3 Å². The van der Waals surface area contributed by atoms with E-state index in [-0.39, 0.29) is 10.0 Å². The number of halogens is 4. The van der Waals surface area contributed by atoms with E-state index in [2.05, 4.69) is 5.32 Å². The molecule has 18 heavy (non-hydrogen) atoms. The summed E-state index contributed by atoms with van der Waals surface area (Å²) in [7, 11) is 0. The highest BCUT2D eigenvalue weighted by Gasteiger charge is 2.30. The van der Waals surface area contributed by atoms with Crippen molar-refractivity contribution in [2.45, 2.75) is 25.6 Å². The molecule has 2 nitrogen and oxygen atoms in total. The summed E-state index contributed by atoms with van der Waals surface area (Å²) in [5.74, 6) is 0. The minimum absolute atomic E-state index is 0.187. The van der Waals surface area contributed by atoms with Crippen molar-refractivity contribution in [3.8, 4) is 0 Å². The lowest BCUT2D eigenvalue weighted by molar-refractivity contribution is -0.136. The van der Waals surface area contributed by atoms with Gasteiger partial charge in [0, 0.05) is 11.6 Å². The van der Waals surface area contributed by atoms with Crippen LogP contribution in [0.4, 0.5) is 18.9 Å². The molecule has 0 fully saturated rings. The molecule has 0 aliphatic heterocycles. The van der Waals surface area contributed by atoms with Crippen LogP contribution >= 0.6 is 23.8 Å². The van der Waals surface area contributed by atoms with Crippen LogP contribution in [0.25, 0.3) is 0 Å².